The number of carboxylic acids is 1. The van der Waals surface area contributed by atoms with Gasteiger partial charge in [0.1, 0.15) is 5.82 Å². The molecule has 0 fully saturated rings. The number of hydrogen-bond donors (Lipinski definition) is 2. The molecule has 0 atom stereocenters. The summed E-state index contributed by atoms with van der Waals surface area (Å²) >= 11 is 0. The minimum Gasteiger partial charge on any atom is -0.478 e. The minimum atomic E-state index is -1.07. The van der Waals surface area contributed by atoms with Crippen LogP contribution in [0.15, 0.2) is 54.1 Å². The number of nitrogens with one attached hydrogen (secondary N) is 1. The molecule has 1 amide bonds. The lowest BCUT2D eigenvalue weighted by atomic mass is 10.1. The summed E-state index contributed by atoms with van der Waals surface area (Å²) in [5.74, 6) is -1.83. The summed E-state index contributed by atoms with van der Waals surface area (Å²) in [5.41, 5.74) is 1.43. The monoisotopic (exact) mass is 299 g/mol. The molecule has 0 radical (unpaired) electrons. The predicted octanol–water partition coefficient (Wildman–Crippen LogP) is 3.57. The highest BCUT2D eigenvalue weighted by atomic mass is 19.1. The lowest BCUT2D eigenvalue weighted by Crippen LogP contribution is -2.13. The smallest absolute Gasteiger partial charge is 0.335 e. The summed E-state index contributed by atoms with van der Waals surface area (Å²) in [6.07, 6.45) is 1.56. The molecule has 2 N–H and O–H groups in total. The van der Waals surface area contributed by atoms with Crippen LogP contribution in [0.4, 0.5) is 10.1 Å². The second kappa shape index (κ2) is 6.67. The first-order valence-electron chi connectivity index (χ1n) is 6.54. The number of halogens is 1. The van der Waals surface area contributed by atoms with E-state index in [2.05, 4.69) is 5.32 Å². The summed E-state index contributed by atoms with van der Waals surface area (Å²) in [4.78, 5) is 22.9. The number of rotatable bonds is 4. The second-order valence-corrected chi connectivity index (χ2v) is 4.72. The molecule has 0 spiro atoms. The third-order valence-corrected chi connectivity index (χ3v) is 2.96. The quantitative estimate of drug-likeness (QED) is 0.848. The van der Waals surface area contributed by atoms with Gasteiger partial charge in [-0.1, -0.05) is 18.2 Å². The molecular weight excluding hydrogens is 285 g/mol. The van der Waals surface area contributed by atoms with Gasteiger partial charge in [-0.2, -0.15) is 0 Å². The van der Waals surface area contributed by atoms with Gasteiger partial charge in [-0.3, -0.25) is 4.79 Å². The first kappa shape index (κ1) is 15.4. The van der Waals surface area contributed by atoms with E-state index in [1.165, 1.54) is 24.3 Å². The Labute approximate surface area is 126 Å². The van der Waals surface area contributed by atoms with Crippen LogP contribution in [0.5, 0.6) is 0 Å². The zero-order valence-electron chi connectivity index (χ0n) is 11.8. The van der Waals surface area contributed by atoms with E-state index in [4.69, 9.17) is 5.11 Å². The predicted molar refractivity (Wildman–Crippen MR) is 82.1 cm³/mol. The summed E-state index contributed by atoms with van der Waals surface area (Å²) in [7, 11) is 0. The lowest BCUT2D eigenvalue weighted by molar-refractivity contribution is -0.112. The maximum Gasteiger partial charge on any atom is 0.335 e. The Hall–Kier alpha value is -2.95. The van der Waals surface area contributed by atoms with Crippen molar-refractivity contribution in [3.05, 3.63) is 71.0 Å². The molecule has 2 rings (SSSR count). The van der Waals surface area contributed by atoms with Crippen molar-refractivity contribution in [2.75, 3.05) is 5.32 Å². The zero-order valence-corrected chi connectivity index (χ0v) is 11.8. The summed E-state index contributed by atoms with van der Waals surface area (Å²) in [5, 5.41) is 11.5. The summed E-state index contributed by atoms with van der Waals surface area (Å²) < 4.78 is 13.1. The van der Waals surface area contributed by atoms with Crippen LogP contribution >= 0.6 is 0 Å². The van der Waals surface area contributed by atoms with Crippen molar-refractivity contribution in [1.82, 2.24) is 0 Å². The molecule has 5 heteroatoms. The highest BCUT2D eigenvalue weighted by Crippen LogP contribution is 2.14. The van der Waals surface area contributed by atoms with E-state index in [0.717, 1.165) is 0 Å². The molecule has 22 heavy (non-hydrogen) atoms. The fourth-order valence-corrected chi connectivity index (χ4v) is 1.87. The Morgan fingerprint density at radius 1 is 1.14 bits per heavy atom. The van der Waals surface area contributed by atoms with Gasteiger partial charge in [0, 0.05) is 11.3 Å². The first-order chi connectivity index (χ1) is 10.5. The number of hydrogen-bond acceptors (Lipinski definition) is 2. The molecule has 0 saturated heterocycles. The molecule has 112 valence electrons. The van der Waals surface area contributed by atoms with Crippen molar-refractivity contribution in [1.29, 1.82) is 0 Å². The maximum absolute atomic E-state index is 13.1. The van der Waals surface area contributed by atoms with Crippen molar-refractivity contribution < 1.29 is 19.1 Å². The van der Waals surface area contributed by atoms with Crippen molar-refractivity contribution >= 4 is 23.6 Å². The van der Waals surface area contributed by atoms with Gasteiger partial charge in [0.2, 0.25) is 0 Å². The fraction of sp³-hybridized carbons (Fsp3) is 0.0588. The number of carbonyl (C=O) groups excluding carboxylic acids is 1. The van der Waals surface area contributed by atoms with Crippen LogP contribution in [-0.4, -0.2) is 17.0 Å². The van der Waals surface area contributed by atoms with Crippen molar-refractivity contribution in [2.45, 2.75) is 6.92 Å². The molecule has 2 aromatic carbocycles. The Bertz CT molecular complexity index is 753. The van der Waals surface area contributed by atoms with Crippen LogP contribution in [0.25, 0.3) is 6.08 Å². The third-order valence-electron chi connectivity index (χ3n) is 2.96. The SMILES string of the molecule is CC(=Cc1cccc(F)c1)C(=O)Nc1cccc(C(=O)O)c1. The number of amides is 1. The van der Waals surface area contributed by atoms with Gasteiger partial charge in [-0.25, -0.2) is 9.18 Å². The molecule has 0 aliphatic heterocycles. The van der Waals surface area contributed by atoms with E-state index in [-0.39, 0.29) is 17.3 Å². The molecule has 0 saturated carbocycles. The van der Waals surface area contributed by atoms with Crippen molar-refractivity contribution in [2.24, 2.45) is 0 Å². The average molecular weight is 299 g/mol. The standard InChI is InChI=1S/C17H14FNO3/c1-11(8-12-4-2-6-14(18)9-12)16(20)19-15-7-3-5-13(10-15)17(21)22/h2-10H,1H3,(H,19,20)(H,21,22). The molecule has 0 heterocycles. The van der Waals surface area contributed by atoms with Crippen LogP contribution in [0.2, 0.25) is 0 Å². The van der Waals surface area contributed by atoms with E-state index < -0.39 is 5.97 Å². The van der Waals surface area contributed by atoms with Gasteiger partial charge in [-0.05, 0) is 48.9 Å². The summed E-state index contributed by atoms with van der Waals surface area (Å²) in [6.45, 7) is 1.60. The lowest BCUT2D eigenvalue weighted by Gasteiger charge is -2.06. The van der Waals surface area contributed by atoms with E-state index in [1.54, 1.807) is 37.3 Å². The number of carbonyl (C=O) groups is 2. The van der Waals surface area contributed by atoms with Gasteiger partial charge in [0.15, 0.2) is 0 Å². The van der Waals surface area contributed by atoms with Crippen LogP contribution in [0.3, 0.4) is 0 Å². The van der Waals surface area contributed by atoms with Gasteiger partial charge in [0.25, 0.3) is 5.91 Å². The number of aromatic carboxylic acids is 1. The molecule has 0 aliphatic rings. The molecule has 0 bridgehead atoms. The Balaban J connectivity index is 2.14. The Morgan fingerprint density at radius 3 is 2.55 bits per heavy atom. The van der Waals surface area contributed by atoms with Crippen molar-refractivity contribution in [3.63, 3.8) is 0 Å². The van der Waals surface area contributed by atoms with E-state index in [1.807, 2.05) is 0 Å². The van der Waals surface area contributed by atoms with Gasteiger partial charge in [0.05, 0.1) is 5.56 Å². The van der Waals surface area contributed by atoms with Gasteiger partial charge >= 0.3 is 5.97 Å². The van der Waals surface area contributed by atoms with Crippen LogP contribution in [0.1, 0.15) is 22.8 Å². The molecule has 2 aromatic rings. The Morgan fingerprint density at radius 2 is 1.86 bits per heavy atom. The minimum absolute atomic E-state index is 0.0876. The molecule has 4 nitrogen and oxygen atoms in total. The van der Waals surface area contributed by atoms with Crippen LogP contribution in [-0.2, 0) is 4.79 Å². The van der Waals surface area contributed by atoms with E-state index in [0.29, 0.717) is 16.8 Å². The van der Waals surface area contributed by atoms with Gasteiger partial charge in [-0.15, -0.1) is 0 Å². The fourth-order valence-electron chi connectivity index (χ4n) is 1.87. The largest absolute Gasteiger partial charge is 0.478 e. The van der Waals surface area contributed by atoms with E-state index in [9.17, 15) is 14.0 Å². The second-order valence-electron chi connectivity index (χ2n) is 4.72. The topological polar surface area (TPSA) is 66.4 Å². The third kappa shape index (κ3) is 4.02. The highest BCUT2D eigenvalue weighted by molar-refractivity contribution is 6.06. The van der Waals surface area contributed by atoms with Gasteiger partial charge < -0.3 is 10.4 Å². The Kier molecular flexibility index (Phi) is 4.68. The van der Waals surface area contributed by atoms with Crippen LogP contribution < -0.4 is 5.32 Å². The number of carboxylic acid groups (broad SMARTS) is 1. The first-order valence-corrected chi connectivity index (χ1v) is 6.54. The molecule has 0 aromatic heterocycles. The zero-order chi connectivity index (χ0) is 16.1. The molecule has 0 unspecified atom stereocenters. The highest BCUT2D eigenvalue weighted by Gasteiger charge is 2.08. The maximum atomic E-state index is 13.1. The number of anilines is 1. The average Bonchev–Trinajstić information content (AvgIpc) is 2.47. The van der Waals surface area contributed by atoms with Crippen molar-refractivity contribution in [3.8, 4) is 0 Å². The number of benzene rings is 2. The molecular formula is C17H14FNO3. The van der Waals surface area contributed by atoms with Crippen LogP contribution in [0, 0.1) is 5.82 Å². The van der Waals surface area contributed by atoms with E-state index >= 15 is 0 Å². The molecule has 0 aliphatic carbocycles. The normalized spacial score (nSPS) is 11.1. The summed E-state index contributed by atoms with van der Waals surface area (Å²) in [6, 6.07) is 11.8.